The van der Waals surface area contributed by atoms with E-state index in [1.54, 1.807) is 6.07 Å². The molecule has 0 bridgehead atoms. The zero-order valence-corrected chi connectivity index (χ0v) is 18.3. The Balaban J connectivity index is 1.47. The van der Waals surface area contributed by atoms with Crippen LogP contribution in [0.3, 0.4) is 0 Å². The van der Waals surface area contributed by atoms with E-state index >= 15 is 0 Å². The highest BCUT2D eigenvalue weighted by molar-refractivity contribution is 6.36. The molecule has 1 heterocycles. The number of carboxylic acids is 1. The molecule has 6 heteroatoms. The van der Waals surface area contributed by atoms with Crippen molar-refractivity contribution in [2.45, 2.75) is 51.0 Å². The summed E-state index contributed by atoms with van der Waals surface area (Å²) in [5.41, 5.74) is 2.62. The molecule has 1 N–H and O–H groups in total. The standard InChI is InChI=1S/C24H25Cl2NO3/c25-21-13-15(6-8-19(21)20-9-7-17(24(29)30)14-22(20)26)12-16-10-11-27(23(16)28)18-4-2-1-3-5-18/h6-9,13-14,16,18H,1-5,10-12H2,(H,29,30). The lowest BCUT2D eigenvalue weighted by Crippen LogP contribution is -2.39. The van der Waals surface area contributed by atoms with Crippen LogP contribution in [0.2, 0.25) is 10.0 Å². The first-order chi connectivity index (χ1) is 14.4. The smallest absolute Gasteiger partial charge is 0.335 e. The molecule has 2 fully saturated rings. The van der Waals surface area contributed by atoms with Crippen LogP contribution in [-0.2, 0) is 11.2 Å². The first kappa shape index (κ1) is 21.2. The number of carboxylic acid groups (broad SMARTS) is 1. The number of rotatable bonds is 5. The van der Waals surface area contributed by atoms with Gasteiger partial charge in [0, 0.05) is 39.7 Å². The summed E-state index contributed by atoms with van der Waals surface area (Å²) in [5.74, 6) is -0.713. The fourth-order valence-electron chi connectivity index (χ4n) is 4.76. The van der Waals surface area contributed by atoms with Crippen molar-refractivity contribution in [3.05, 3.63) is 57.6 Å². The van der Waals surface area contributed by atoms with Crippen LogP contribution in [0.25, 0.3) is 11.1 Å². The predicted octanol–water partition coefficient (Wildman–Crippen LogP) is 6.08. The van der Waals surface area contributed by atoms with Crippen LogP contribution in [0.15, 0.2) is 36.4 Å². The summed E-state index contributed by atoms with van der Waals surface area (Å²) < 4.78 is 0. The van der Waals surface area contributed by atoms with Gasteiger partial charge in [0.25, 0.3) is 0 Å². The summed E-state index contributed by atoms with van der Waals surface area (Å²) in [6.07, 6.45) is 7.61. The number of halogens is 2. The fraction of sp³-hybridized carbons (Fsp3) is 0.417. The van der Waals surface area contributed by atoms with Gasteiger partial charge in [-0.2, -0.15) is 0 Å². The zero-order chi connectivity index (χ0) is 21.3. The number of hydrogen-bond acceptors (Lipinski definition) is 2. The lowest BCUT2D eigenvalue weighted by molar-refractivity contribution is -0.133. The number of carbonyl (C=O) groups excluding carboxylic acids is 1. The summed E-state index contributed by atoms with van der Waals surface area (Å²) in [6.45, 7) is 0.867. The van der Waals surface area contributed by atoms with Crippen LogP contribution in [0, 0.1) is 5.92 Å². The maximum absolute atomic E-state index is 12.9. The van der Waals surface area contributed by atoms with Gasteiger partial charge < -0.3 is 10.0 Å². The monoisotopic (exact) mass is 445 g/mol. The molecule has 2 aromatic carbocycles. The van der Waals surface area contributed by atoms with Crippen molar-refractivity contribution in [2.75, 3.05) is 6.54 Å². The van der Waals surface area contributed by atoms with E-state index in [1.165, 1.54) is 31.4 Å². The predicted molar refractivity (Wildman–Crippen MR) is 119 cm³/mol. The van der Waals surface area contributed by atoms with Gasteiger partial charge in [-0.15, -0.1) is 0 Å². The van der Waals surface area contributed by atoms with Gasteiger partial charge in [-0.05, 0) is 49.4 Å². The van der Waals surface area contributed by atoms with E-state index in [4.69, 9.17) is 28.3 Å². The van der Waals surface area contributed by atoms with Crippen molar-refractivity contribution >= 4 is 35.1 Å². The second kappa shape index (κ2) is 8.99. The third-order valence-corrected chi connectivity index (χ3v) is 7.01. The Kier molecular flexibility index (Phi) is 6.35. The molecule has 4 nitrogen and oxygen atoms in total. The Bertz CT molecular complexity index is 969. The Morgan fingerprint density at radius 3 is 2.27 bits per heavy atom. The SMILES string of the molecule is O=C(O)c1ccc(-c2ccc(CC3CCN(C4CCCCC4)C3=O)cc2Cl)c(Cl)c1. The highest BCUT2D eigenvalue weighted by atomic mass is 35.5. The molecule has 2 aliphatic rings. The topological polar surface area (TPSA) is 57.6 Å². The average molecular weight is 446 g/mol. The van der Waals surface area contributed by atoms with Crippen LogP contribution >= 0.6 is 23.2 Å². The van der Waals surface area contributed by atoms with Crippen molar-refractivity contribution in [1.82, 2.24) is 4.90 Å². The second-order valence-corrected chi connectivity index (χ2v) is 9.14. The molecule has 1 aliphatic heterocycles. The minimum absolute atomic E-state index is 0.0206. The molecule has 158 valence electrons. The molecule has 0 radical (unpaired) electrons. The highest BCUT2D eigenvalue weighted by Gasteiger charge is 2.36. The van der Waals surface area contributed by atoms with E-state index in [0.29, 0.717) is 28.1 Å². The second-order valence-electron chi connectivity index (χ2n) is 8.33. The molecule has 0 aromatic heterocycles. The van der Waals surface area contributed by atoms with Gasteiger partial charge >= 0.3 is 5.97 Å². The lowest BCUT2D eigenvalue weighted by Gasteiger charge is -2.31. The molecule has 1 saturated heterocycles. The van der Waals surface area contributed by atoms with Crippen molar-refractivity contribution in [3.8, 4) is 11.1 Å². The van der Waals surface area contributed by atoms with Crippen molar-refractivity contribution in [1.29, 1.82) is 0 Å². The normalized spacial score (nSPS) is 20.0. The highest BCUT2D eigenvalue weighted by Crippen LogP contribution is 2.36. The van der Waals surface area contributed by atoms with Gasteiger partial charge in [0.15, 0.2) is 0 Å². The number of amides is 1. The zero-order valence-electron chi connectivity index (χ0n) is 16.7. The first-order valence-corrected chi connectivity index (χ1v) is 11.3. The fourth-order valence-corrected chi connectivity index (χ4v) is 5.35. The van der Waals surface area contributed by atoms with E-state index in [2.05, 4.69) is 4.90 Å². The number of likely N-dealkylation sites (tertiary alicyclic amines) is 1. The minimum Gasteiger partial charge on any atom is -0.478 e. The quantitative estimate of drug-likeness (QED) is 0.606. The molecule has 0 spiro atoms. The summed E-state index contributed by atoms with van der Waals surface area (Å²) >= 11 is 12.8. The van der Waals surface area contributed by atoms with Gasteiger partial charge in [0.2, 0.25) is 5.91 Å². The Morgan fingerprint density at radius 1 is 0.967 bits per heavy atom. The third kappa shape index (κ3) is 4.35. The summed E-state index contributed by atoms with van der Waals surface area (Å²) in [6, 6.07) is 10.8. The largest absolute Gasteiger partial charge is 0.478 e. The van der Waals surface area contributed by atoms with Crippen LogP contribution < -0.4 is 0 Å². The molecule has 30 heavy (non-hydrogen) atoms. The van der Waals surface area contributed by atoms with E-state index in [0.717, 1.165) is 36.9 Å². The minimum atomic E-state index is -1.02. The number of nitrogens with zero attached hydrogens (tertiary/aromatic N) is 1. The van der Waals surface area contributed by atoms with E-state index < -0.39 is 5.97 Å². The molecule has 1 saturated carbocycles. The Labute approximate surface area is 186 Å². The molecule has 4 rings (SSSR count). The summed E-state index contributed by atoms with van der Waals surface area (Å²) in [7, 11) is 0. The maximum Gasteiger partial charge on any atom is 0.335 e. The molecule has 1 aliphatic carbocycles. The van der Waals surface area contributed by atoms with Gasteiger partial charge in [-0.1, -0.05) is 60.7 Å². The molecule has 1 unspecified atom stereocenters. The van der Waals surface area contributed by atoms with E-state index in [-0.39, 0.29) is 17.4 Å². The van der Waals surface area contributed by atoms with Crippen LogP contribution in [0.4, 0.5) is 0 Å². The van der Waals surface area contributed by atoms with E-state index in [9.17, 15) is 9.59 Å². The molecular formula is C24H25Cl2NO3. The van der Waals surface area contributed by atoms with Crippen molar-refractivity contribution in [2.24, 2.45) is 5.92 Å². The van der Waals surface area contributed by atoms with E-state index in [1.807, 2.05) is 18.2 Å². The average Bonchev–Trinajstić information content (AvgIpc) is 3.09. The molecular weight excluding hydrogens is 421 g/mol. The number of carbonyl (C=O) groups is 2. The van der Waals surface area contributed by atoms with Crippen molar-refractivity contribution in [3.63, 3.8) is 0 Å². The summed E-state index contributed by atoms with van der Waals surface area (Å²) in [4.78, 5) is 26.2. The molecule has 2 aromatic rings. The molecule has 1 amide bonds. The summed E-state index contributed by atoms with van der Waals surface area (Å²) in [5, 5.41) is 10.00. The van der Waals surface area contributed by atoms with Gasteiger partial charge in [0.1, 0.15) is 0 Å². The van der Waals surface area contributed by atoms with Crippen LogP contribution in [-0.4, -0.2) is 34.5 Å². The number of benzene rings is 2. The van der Waals surface area contributed by atoms with Crippen LogP contribution in [0.1, 0.15) is 54.4 Å². The Morgan fingerprint density at radius 2 is 1.63 bits per heavy atom. The molecule has 1 atom stereocenters. The third-order valence-electron chi connectivity index (χ3n) is 6.39. The number of hydrogen-bond donors (Lipinski definition) is 1. The van der Waals surface area contributed by atoms with Crippen LogP contribution in [0.5, 0.6) is 0 Å². The Hall–Kier alpha value is -2.04. The maximum atomic E-state index is 12.9. The number of aromatic carboxylic acids is 1. The lowest BCUT2D eigenvalue weighted by atomic mass is 9.93. The first-order valence-electron chi connectivity index (χ1n) is 10.6. The van der Waals surface area contributed by atoms with Gasteiger partial charge in [-0.25, -0.2) is 4.79 Å². The van der Waals surface area contributed by atoms with Gasteiger partial charge in [-0.3, -0.25) is 4.79 Å². The van der Waals surface area contributed by atoms with Gasteiger partial charge in [0.05, 0.1) is 5.56 Å². The van der Waals surface area contributed by atoms with Crippen molar-refractivity contribution < 1.29 is 14.7 Å².